The summed E-state index contributed by atoms with van der Waals surface area (Å²) in [5.74, 6) is 0.110. The van der Waals surface area contributed by atoms with Crippen molar-refractivity contribution in [3.63, 3.8) is 0 Å². The summed E-state index contributed by atoms with van der Waals surface area (Å²) in [6.45, 7) is 5.44. The van der Waals surface area contributed by atoms with Crippen LogP contribution >= 0.6 is 11.8 Å². The standard InChI is InChI=1S/C18H21NO4S/c1-11(20)15-18(2,3)24-17-14(16(22)19(15)17)9-12(21)10-23-13-7-5-4-6-8-13/h4-8,14-15,17H,9-10H2,1-3H3/t14-,15+,17-/m1/s1. The second-order valence-electron chi connectivity index (χ2n) is 6.82. The first kappa shape index (κ1) is 17.0. The summed E-state index contributed by atoms with van der Waals surface area (Å²) in [6.07, 6.45) is 0.167. The van der Waals surface area contributed by atoms with Gasteiger partial charge in [0.15, 0.2) is 11.6 Å². The maximum atomic E-state index is 12.4. The van der Waals surface area contributed by atoms with Crippen LogP contribution in [0.2, 0.25) is 0 Å². The first-order chi connectivity index (χ1) is 11.3. The van der Waals surface area contributed by atoms with Crippen LogP contribution < -0.4 is 4.74 Å². The lowest BCUT2D eigenvalue weighted by Crippen LogP contribution is -2.62. The van der Waals surface area contributed by atoms with Crippen LogP contribution in [0.5, 0.6) is 5.75 Å². The summed E-state index contributed by atoms with van der Waals surface area (Å²) >= 11 is 1.61. The number of ether oxygens (including phenoxy) is 1. The Morgan fingerprint density at radius 1 is 1.25 bits per heavy atom. The number of benzene rings is 1. The molecule has 1 amide bonds. The van der Waals surface area contributed by atoms with Crippen LogP contribution in [0, 0.1) is 5.92 Å². The van der Waals surface area contributed by atoms with Crippen molar-refractivity contribution in [3.05, 3.63) is 30.3 Å². The maximum Gasteiger partial charge on any atom is 0.230 e. The Kier molecular flexibility index (Phi) is 4.42. The third-order valence-corrected chi connectivity index (χ3v) is 6.15. The minimum absolute atomic E-state index is 0.000498. The predicted molar refractivity (Wildman–Crippen MR) is 91.8 cm³/mol. The van der Waals surface area contributed by atoms with Gasteiger partial charge in [-0.05, 0) is 32.9 Å². The van der Waals surface area contributed by atoms with E-state index in [0.29, 0.717) is 5.75 Å². The Balaban J connectivity index is 1.59. The maximum absolute atomic E-state index is 12.4. The number of para-hydroxylation sites is 1. The molecule has 1 aromatic carbocycles. The van der Waals surface area contributed by atoms with Crippen LogP contribution in [-0.2, 0) is 14.4 Å². The fourth-order valence-corrected chi connectivity index (χ4v) is 5.28. The quantitative estimate of drug-likeness (QED) is 0.739. The fourth-order valence-electron chi connectivity index (χ4n) is 3.53. The minimum atomic E-state index is -0.396. The van der Waals surface area contributed by atoms with Gasteiger partial charge in [0.1, 0.15) is 18.4 Å². The van der Waals surface area contributed by atoms with Gasteiger partial charge in [-0.1, -0.05) is 18.2 Å². The molecule has 0 saturated carbocycles. The third-order valence-electron chi connectivity index (χ3n) is 4.53. The van der Waals surface area contributed by atoms with E-state index in [0.717, 1.165) is 0 Å². The van der Waals surface area contributed by atoms with E-state index in [2.05, 4.69) is 0 Å². The average molecular weight is 347 g/mol. The zero-order valence-electron chi connectivity index (χ0n) is 14.0. The minimum Gasteiger partial charge on any atom is -0.486 e. The van der Waals surface area contributed by atoms with Crippen LogP contribution in [-0.4, -0.2) is 45.1 Å². The topological polar surface area (TPSA) is 63.7 Å². The van der Waals surface area contributed by atoms with Gasteiger partial charge in [0.05, 0.1) is 11.3 Å². The van der Waals surface area contributed by atoms with Crippen molar-refractivity contribution in [3.8, 4) is 5.75 Å². The first-order valence-corrected chi connectivity index (χ1v) is 8.89. The average Bonchev–Trinajstić information content (AvgIpc) is 2.80. The Bertz CT molecular complexity index is 673. The number of thioether (sulfide) groups is 1. The molecule has 0 unspecified atom stereocenters. The second kappa shape index (κ2) is 6.24. The molecule has 2 aliphatic rings. The zero-order chi connectivity index (χ0) is 17.5. The predicted octanol–water partition coefficient (Wildman–Crippen LogP) is 2.29. The number of hydrogen-bond acceptors (Lipinski definition) is 5. The van der Waals surface area contributed by atoms with Crippen LogP contribution in [0.3, 0.4) is 0 Å². The largest absolute Gasteiger partial charge is 0.486 e. The SMILES string of the molecule is CC(=O)[C@@H]1N2C(=O)[C@@H](CC(=O)COc3ccccc3)[C@H]2SC1(C)C. The van der Waals surface area contributed by atoms with E-state index >= 15 is 0 Å². The molecule has 0 aliphatic carbocycles. The highest BCUT2D eigenvalue weighted by Crippen LogP contribution is 2.54. The number of fused-ring (bicyclic) bond motifs is 1. The number of nitrogens with zero attached hydrogens (tertiary/aromatic N) is 1. The molecule has 1 aromatic rings. The van der Waals surface area contributed by atoms with E-state index in [4.69, 9.17) is 4.74 Å². The van der Waals surface area contributed by atoms with Crippen molar-refractivity contribution in [2.24, 2.45) is 5.92 Å². The lowest BCUT2D eigenvalue weighted by molar-refractivity contribution is -0.158. The molecule has 0 radical (unpaired) electrons. The Morgan fingerprint density at radius 2 is 1.92 bits per heavy atom. The van der Waals surface area contributed by atoms with E-state index in [1.54, 1.807) is 28.8 Å². The van der Waals surface area contributed by atoms with Gasteiger partial charge in [0.2, 0.25) is 5.91 Å². The fraction of sp³-hybridized carbons (Fsp3) is 0.500. The first-order valence-electron chi connectivity index (χ1n) is 8.01. The van der Waals surface area contributed by atoms with Crippen molar-refractivity contribution in [1.82, 2.24) is 4.90 Å². The zero-order valence-corrected chi connectivity index (χ0v) is 14.8. The third kappa shape index (κ3) is 2.95. The molecular formula is C18H21NO4S. The van der Waals surface area contributed by atoms with Crippen LogP contribution in [0.1, 0.15) is 27.2 Å². The molecule has 0 aromatic heterocycles. The number of rotatable bonds is 6. The van der Waals surface area contributed by atoms with E-state index < -0.39 is 6.04 Å². The Morgan fingerprint density at radius 3 is 2.54 bits per heavy atom. The summed E-state index contributed by atoms with van der Waals surface area (Å²) in [6, 6.07) is 8.73. The molecule has 2 aliphatic heterocycles. The molecule has 24 heavy (non-hydrogen) atoms. The van der Waals surface area contributed by atoms with Gasteiger partial charge >= 0.3 is 0 Å². The van der Waals surface area contributed by atoms with Crippen LogP contribution in [0.15, 0.2) is 30.3 Å². The lowest BCUT2D eigenvalue weighted by Gasteiger charge is -2.44. The number of Topliss-reactive ketones (excluding diaryl/α,β-unsaturated/α-hetero) is 2. The summed E-state index contributed by atoms with van der Waals surface area (Å²) in [5, 5.41) is -0.0814. The van der Waals surface area contributed by atoms with Crippen molar-refractivity contribution in [1.29, 1.82) is 0 Å². The lowest BCUT2D eigenvalue weighted by atomic mass is 9.87. The molecule has 0 spiro atoms. The number of carbonyl (C=O) groups is 3. The van der Waals surface area contributed by atoms with Crippen LogP contribution in [0.4, 0.5) is 0 Å². The molecule has 5 nitrogen and oxygen atoms in total. The van der Waals surface area contributed by atoms with Gasteiger partial charge in [0, 0.05) is 11.2 Å². The molecule has 0 bridgehead atoms. The highest BCUT2D eigenvalue weighted by Gasteiger charge is 2.62. The van der Waals surface area contributed by atoms with E-state index in [9.17, 15) is 14.4 Å². The van der Waals surface area contributed by atoms with E-state index in [1.807, 2.05) is 32.0 Å². The van der Waals surface area contributed by atoms with Gasteiger partial charge in [-0.15, -0.1) is 11.8 Å². The van der Waals surface area contributed by atoms with Gasteiger partial charge < -0.3 is 9.64 Å². The number of hydrogen-bond donors (Lipinski definition) is 0. The van der Waals surface area contributed by atoms with E-state index in [1.165, 1.54) is 6.92 Å². The number of ketones is 2. The van der Waals surface area contributed by atoms with Crippen molar-refractivity contribution in [2.45, 2.75) is 43.4 Å². The van der Waals surface area contributed by atoms with Gasteiger partial charge in [0.25, 0.3) is 0 Å². The molecule has 2 heterocycles. The van der Waals surface area contributed by atoms with Gasteiger partial charge in [-0.2, -0.15) is 0 Å². The summed E-state index contributed by atoms with van der Waals surface area (Å²) in [7, 11) is 0. The number of amides is 1. The van der Waals surface area contributed by atoms with Crippen LogP contribution in [0.25, 0.3) is 0 Å². The molecule has 2 saturated heterocycles. The molecule has 3 atom stereocenters. The van der Waals surface area contributed by atoms with Gasteiger partial charge in [-0.3, -0.25) is 14.4 Å². The molecule has 128 valence electrons. The summed E-state index contributed by atoms with van der Waals surface area (Å²) in [4.78, 5) is 38.1. The molecule has 3 rings (SSSR count). The highest BCUT2D eigenvalue weighted by atomic mass is 32.2. The normalized spacial score (nSPS) is 27.4. The van der Waals surface area contributed by atoms with E-state index in [-0.39, 0.29) is 46.5 Å². The highest BCUT2D eigenvalue weighted by molar-refractivity contribution is 8.01. The molecular weight excluding hydrogens is 326 g/mol. The van der Waals surface area contributed by atoms with Gasteiger partial charge in [-0.25, -0.2) is 0 Å². The number of carbonyl (C=O) groups excluding carboxylic acids is 3. The smallest absolute Gasteiger partial charge is 0.230 e. The Labute approximate surface area is 145 Å². The molecule has 6 heteroatoms. The summed E-state index contributed by atoms with van der Waals surface area (Å²) < 4.78 is 5.13. The molecule has 0 N–H and O–H groups in total. The van der Waals surface area contributed by atoms with Crippen molar-refractivity contribution < 1.29 is 19.1 Å². The second-order valence-corrected chi connectivity index (χ2v) is 8.59. The monoisotopic (exact) mass is 347 g/mol. The van der Waals surface area contributed by atoms with Crippen molar-refractivity contribution in [2.75, 3.05) is 6.61 Å². The molecule has 2 fully saturated rings. The summed E-state index contributed by atoms with van der Waals surface area (Å²) in [5.41, 5.74) is 0. The number of β-lactam (4-membered cyclic amide) rings is 1. The van der Waals surface area contributed by atoms with Crippen molar-refractivity contribution >= 4 is 29.2 Å². The Hall–Kier alpha value is -1.82.